The second-order valence-corrected chi connectivity index (χ2v) is 12.4. The predicted molar refractivity (Wildman–Crippen MR) is 145 cm³/mol. The van der Waals surface area contributed by atoms with Crippen molar-refractivity contribution in [1.29, 1.82) is 0 Å². The average Bonchev–Trinajstić information content (AvgIpc) is 3.62. The van der Waals surface area contributed by atoms with Gasteiger partial charge in [-0.05, 0) is 93.8 Å². The Hall–Kier alpha value is -2.41. The van der Waals surface area contributed by atoms with Crippen LogP contribution in [0.25, 0.3) is 5.65 Å². The molecule has 2 saturated heterocycles. The second-order valence-electron chi connectivity index (χ2n) is 12.4. The van der Waals surface area contributed by atoms with Gasteiger partial charge in [0.15, 0.2) is 0 Å². The molecule has 2 aromatic rings. The van der Waals surface area contributed by atoms with Gasteiger partial charge in [-0.2, -0.15) is 0 Å². The highest BCUT2D eigenvalue weighted by Crippen LogP contribution is 2.51. The van der Waals surface area contributed by atoms with Crippen LogP contribution in [0.1, 0.15) is 98.5 Å². The minimum absolute atomic E-state index is 0.0186. The fourth-order valence-electron chi connectivity index (χ4n) is 8.04. The van der Waals surface area contributed by atoms with Crippen LogP contribution < -0.4 is 5.32 Å². The molecule has 2 aromatic heterocycles. The van der Waals surface area contributed by atoms with Gasteiger partial charge in [0, 0.05) is 31.9 Å². The molecular formula is C30H43N5O2. The standard InChI is InChI=1S/C30H43N5O2/c1-2-22-17-23-7-6-12-30(18-22,19-23)21-31-28(36)26-8-5-9-27-32-25(20-35(26)27)29(37)34-15-10-24(11-16-34)33-13-3-4-14-33/h5,8-9,20,22-24H,2-4,6-7,10-19,21H2,1H3,(H,31,36). The predicted octanol–water partition coefficient (Wildman–Crippen LogP) is 4.76. The number of nitrogens with zero attached hydrogens (tertiary/aromatic N) is 4. The van der Waals surface area contributed by atoms with Crippen molar-refractivity contribution in [2.75, 3.05) is 32.7 Å². The molecule has 7 nitrogen and oxygen atoms in total. The molecule has 4 aliphatic rings. The molecule has 37 heavy (non-hydrogen) atoms. The molecule has 0 aromatic carbocycles. The molecule has 2 saturated carbocycles. The van der Waals surface area contributed by atoms with E-state index in [1.807, 2.05) is 23.1 Å². The van der Waals surface area contributed by atoms with E-state index in [2.05, 4.69) is 22.1 Å². The van der Waals surface area contributed by atoms with Crippen molar-refractivity contribution in [3.05, 3.63) is 35.8 Å². The van der Waals surface area contributed by atoms with Crippen molar-refractivity contribution in [2.24, 2.45) is 17.3 Å². The van der Waals surface area contributed by atoms with Crippen molar-refractivity contribution < 1.29 is 9.59 Å². The number of aromatic nitrogens is 2. The summed E-state index contributed by atoms with van der Waals surface area (Å²) in [5.74, 6) is 1.54. The largest absolute Gasteiger partial charge is 0.350 e. The van der Waals surface area contributed by atoms with Gasteiger partial charge in [0.1, 0.15) is 17.0 Å². The number of fused-ring (bicyclic) bond motifs is 3. The maximum atomic E-state index is 13.4. The summed E-state index contributed by atoms with van der Waals surface area (Å²) in [6, 6.07) is 6.20. The monoisotopic (exact) mass is 505 g/mol. The van der Waals surface area contributed by atoms with Crippen molar-refractivity contribution in [3.63, 3.8) is 0 Å². The molecule has 2 aliphatic carbocycles. The van der Waals surface area contributed by atoms with Crippen LogP contribution in [0.2, 0.25) is 0 Å². The second kappa shape index (κ2) is 10.4. The van der Waals surface area contributed by atoms with Gasteiger partial charge in [0.25, 0.3) is 11.8 Å². The van der Waals surface area contributed by atoms with Gasteiger partial charge < -0.3 is 15.1 Å². The highest BCUT2D eigenvalue weighted by molar-refractivity contribution is 5.95. The molecule has 7 heteroatoms. The van der Waals surface area contributed by atoms with Crippen LogP contribution in [0.15, 0.2) is 24.4 Å². The van der Waals surface area contributed by atoms with E-state index in [9.17, 15) is 9.59 Å². The maximum absolute atomic E-state index is 13.4. The maximum Gasteiger partial charge on any atom is 0.274 e. The number of rotatable bonds is 6. The van der Waals surface area contributed by atoms with Gasteiger partial charge >= 0.3 is 0 Å². The number of carbonyl (C=O) groups is 2. The summed E-state index contributed by atoms with van der Waals surface area (Å²) in [6.45, 7) is 7.04. The zero-order valence-electron chi connectivity index (χ0n) is 22.5. The van der Waals surface area contributed by atoms with Gasteiger partial charge in [-0.3, -0.25) is 14.0 Å². The van der Waals surface area contributed by atoms with E-state index >= 15 is 0 Å². The van der Waals surface area contributed by atoms with E-state index in [-0.39, 0.29) is 17.2 Å². The Morgan fingerprint density at radius 1 is 1.05 bits per heavy atom. The first-order valence-electron chi connectivity index (χ1n) is 14.8. The third-order valence-corrected chi connectivity index (χ3v) is 9.98. The zero-order chi connectivity index (χ0) is 25.4. The number of imidazole rings is 1. The van der Waals surface area contributed by atoms with Crippen LogP contribution >= 0.6 is 0 Å². The number of hydrogen-bond donors (Lipinski definition) is 1. The zero-order valence-corrected chi connectivity index (χ0v) is 22.5. The summed E-state index contributed by atoms with van der Waals surface area (Å²) < 4.78 is 1.80. The number of likely N-dealkylation sites (tertiary alicyclic amines) is 2. The third-order valence-electron chi connectivity index (χ3n) is 9.98. The lowest BCUT2D eigenvalue weighted by Gasteiger charge is -2.48. The van der Waals surface area contributed by atoms with Crippen molar-refractivity contribution >= 4 is 17.5 Å². The number of amides is 2. The SMILES string of the molecule is CCC1CC2CCCC(CNC(=O)c3cccc4nc(C(=O)N5CCC(N6CCCC6)CC5)cn34)(C1)C2. The first kappa shape index (κ1) is 24.9. The van der Waals surface area contributed by atoms with Crippen molar-refractivity contribution in [2.45, 2.75) is 83.6 Å². The van der Waals surface area contributed by atoms with Crippen molar-refractivity contribution in [3.8, 4) is 0 Å². The molecular weight excluding hydrogens is 462 g/mol. The molecule has 200 valence electrons. The molecule has 0 spiro atoms. The quantitative estimate of drug-likeness (QED) is 0.615. The van der Waals surface area contributed by atoms with Gasteiger partial charge in [-0.25, -0.2) is 4.98 Å². The number of carbonyl (C=O) groups excluding carboxylic acids is 2. The van der Waals surface area contributed by atoms with E-state index < -0.39 is 0 Å². The molecule has 2 amide bonds. The summed E-state index contributed by atoms with van der Waals surface area (Å²) >= 11 is 0. The summed E-state index contributed by atoms with van der Waals surface area (Å²) in [4.78, 5) is 35.9. The van der Waals surface area contributed by atoms with Crippen LogP contribution in [-0.2, 0) is 0 Å². The fourth-order valence-corrected chi connectivity index (χ4v) is 8.04. The lowest BCUT2D eigenvalue weighted by molar-refractivity contribution is 0.0368. The van der Waals surface area contributed by atoms with Gasteiger partial charge in [-0.1, -0.05) is 32.3 Å². The Kier molecular flexibility index (Phi) is 6.99. The molecule has 0 radical (unpaired) electrons. The van der Waals surface area contributed by atoms with Crippen LogP contribution in [0.4, 0.5) is 0 Å². The van der Waals surface area contributed by atoms with E-state index in [4.69, 9.17) is 0 Å². The van der Waals surface area contributed by atoms with Crippen LogP contribution in [0.5, 0.6) is 0 Å². The molecule has 2 bridgehead atoms. The van der Waals surface area contributed by atoms with Crippen LogP contribution in [-0.4, -0.2) is 69.8 Å². The Balaban J connectivity index is 1.12. The van der Waals surface area contributed by atoms with E-state index in [1.165, 1.54) is 70.9 Å². The molecule has 4 fully saturated rings. The topological polar surface area (TPSA) is 70.0 Å². The minimum Gasteiger partial charge on any atom is -0.350 e. The molecule has 4 heterocycles. The van der Waals surface area contributed by atoms with Gasteiger partial charge in [0.2, 0.25) is 0 Å². The molecule has 6 rings (SSSR count). The van der Waals surface area contributed by atoms with Gasteiger partial charge in [0.05, 0.1) is 0 Å². The van der Waals surface area contributed by atoms with Crippen LogP contribution in [0.3, 0.4) is 0 Å². The summed E-state index contributed by atoms with van der Waals surface area (Å²) in [5.41, 5.74) is 1.90. The van der Waals surface area contributed by atoms with Crippen LogP contribution in [0, 0.1) is 17.3 Å². The normalized spacial score (nSPS) is 29.1. The van der Waals surface area contributed by atoms with Crippen molar-refractivity contribution in [1.82, 2.24) is 24.5 Å². The summed E-state index contributed by atoms with van der Waals surface area (Å²) in [6.07, 6.45) is 15.4. The van der Waals surface area contributed by atoms with Gasteiger partial charge in [-0.15, -0.1) is 0 Å². The summed E-state index contributed by atoms with van der Waals surface area (Å²) in [7, 11) is 0. The Morgan fingerprint density at radius 2 is 1.86 bits per heavy atom. The lowest BCUT2D eigenvalue weighted by atomic mass is 9.58. The first-order valence-corrected chi connectivity index (χ1v) is 14.8. The average molecular weight is 506 g/mol. The Labute approximate surface area is 221 Å². The molecule has 3 unspecified atom stereocenters. The summed E-state index contributed by atoms with van der Waals surface area (Å²) in [5, 5.41) is 3.30. The number of piperidine rings is 1. The third kappa shape index (κ3) is 5.04. The number of hydrogen-bond acceptors (Lipinski definition) is 4. The minimum atomic E-state index is -0.0662. The molecule has 2 aliphatic heterocycles. The highest BCUT2D eigenvalue weighted by atomic mass is 16.2. The Morgan fingerprint density at radius 3 is 2.65 bits per heavy atom. The molecule has 1 N–H and O–H groups in total. The van der Waals surface area contributed by atoms with E-state index in [1.54, 1.807) is 10.6 Å². The molecule has 3 atom stereocenters. The highest BCUT2D eigenvalue weighted by Gasteiger charge is 2.42. The number of nitrogens with one attached hydrogen (secondary N) is 1. The number of pyridine rings is 1. The smallest absolute Gasteiger partial charge is 0.274 e. The fraction of sp³-hybridized carbons (Fsp3) is 0.700. The van der Waals surface area contributed by atoms with E-state index in [0.29, 0.717) is 23.1 Å². The first-order chi connectivity index (χ1) is 18.0. The Bertz CT molecular complexity index is 1130. The lowest BCUT2D eigenvalue weighted by Crippen LogP contribution is -2.46. The van der Waals surface area contributed by atoms with E-state index in [0.717, 1.165) is 44.3 Å².